The number of aromatic hydroxyl groups is 1. The van der Waals surface area contributed by atoms with Crippen LogP contribution in [0.4, 0.5) is 0 Å². The Labute approximate surface area is 128 Å². The average Bonchev–Trinajstić information content (AvgIpc) is 3.27. The molecule has 0 unspecified atom stereocenters. The second-order valence-corrected chi connectivity index (χ2v) is 5.68. The van der Waals surface area contributed by atoms with Gasteiger partial charge in [-0.25, -0.2) is 4.79 Å². The van der Waals surface area contributed by atoms with Gasteiger partial charge >= 0.3 is 5.97 Å². The first-order valence-corrected chi connectivity index (χ1v) is 7.14. The van der Waals surface area contributed by atoms with Crippen LogP contribution in [-0.2, 0) is 4.74 Å². The Balaban J connectivity index is 1.77. The zero-order valence-electron chi connectivity index (χ0n) is 11.5. The molecule has 1 saturated carbocycles. The monoisotopic (exact) mass is 302 g/mol. The molecular formula is C17H15ClO3. The number of methoxy groups -OCH3 is 1. The van der Waals surface area contributed by atoms with Crippen molar-refractivity contribution >= 4 is 17.6 Å². The molecule has 4 heteroatoms. The lowest BCUT2D eigenvalue weighted by Gasteiger charge is -2.05. The summed E-state index contributed by atoms with van der Waals surface area (Å²) in [5, 5.41) is 10.0. The van der Waals surface area contributed by atoms with Crippen LogP contribution in [0.5, 0.6) is 5.75 Å². The molecule has 0 bridgehead atoms. The van der Waals surface area contributed by atoms with Crippen molar-refractivity contribution in [1.29, 1.82) is 0 Å². The average molecular weight is 303 g/mol. The van der Waals surface area contributed by atoms with Gasteiger partial charge in [-0.3, -0.25) is 0 Å². The minimum absolute atomic E-state index is 0.184. The lowest BCUT2D eigenvalue weighted by Crippen LogP contribution is -2.00. The lowest BCUT2D eigenvalue weighted by atomic mass is 10.0. The Bertz CT molecular complexity index is 679. The quantitative estimate of drug-likeness (QED) is 0.868. The van der Waals surface area contributed by atoms with Crippen molar-refractivity contribution in [2.45, 2.75) is 18.3 Å². The highest BCUT2D eigenvalue weighted by atomic mass is 35.5. The first-order valence-electron chi connectivity index (χ1n) is 6.77. The molecule has 0 heterocycles. The minimum atomic E-state index is -0.324. The molecule has 21 heavy (non-hydrogen) atoms. The van der Waals surface area contributed by atoms with Crippen LogP contribution in [0.2, 0.25) is 5.02 Å². The van der Waals surface area contributed by atoms with E-state index in [9.17, 15) is 9.90 Å². The summed E-state index contributed by atoms with van der Waals surface area (Å²) < 4.78 is 4.69. The molecule has 0 spiro atoms. The molecule has 1 N–H and O–H groups in total. The fraction of sp³-hybridized carbons (Fsp3) is 0.235. The Hall–Kier alpha value is -2.00. The maximum atomic E-state index is 11.4. The van der Waals surface area contributed by atoms with Crippen LogP contribution < -0.4 is 0 Å². The van der Waals surface area contributed by atoms with Gasteiger partial charge in [0.1, 0.15) is 5.75 Å². The molecule has 3 rings (SSSR count). The molecule has 2 atom stereocenters. The molecule has 2 aromatic rings. The van der Waals surface area contributed by atoms with E-state index in [-0.39, 0.29) is 11.7 Å². The van der Waals surface area contributed by atoms with Gasteiger partial charge in [0, 0.05) is 5.02 Å². The molecule has 1 aliphatic carbocycles. The molecule has 108 valence electrons. The van der Waals surface area contributed by atoms with Crippen molar-refractivity contribution < 1.29 is 14.6 Å². The number of carbonyl (C=O) groups is 1. The fourth-order valence-corrected chi connectivity index (χ4v) is 3.02. The molecule has 0 radical (unpaired) electrons. The van der Waals surface area contributed by atoms with Gasteiger partial charge in [-0.15, -0.1) is 0 Å². The van der Waals surface area contributed by atoms with Crippen molar-refractivity contribution in [3.63, 3.8) is 0 Å². The number of phenols is 1. The standard InChI is InChI=1S/C17H15ClO3/c1-21-17(20)11-4-2-10(3-5-11)14-9-15(14)13-7-6-12(19)8-16(13)18/h2-8,14-15,19H,9H2,1H3/t14-,15-/m0/s1. The van der Waals surface area contributed by atoms with Gasteiger partial charge in [0.2, 0.25) is 0 Å². The van der Waals surface area contributed by atoms with Gasteiger partial charge in [0.15, 0.2) is 0 Å². The van der Waals surface area contributed by atoms with Gasteiger partial charge in [-0.2, -0.15) is 0 Å². The predicted molar refractivity (Wildman–Crippen MR) is 81.0 cm³/mol. The van der Waals surface area contributed by atoms with E-state index in [0.717, 1.165) is 12.0 Å². The maximum absolute atomic E-state index is 11.4. The van der Waals surface area contributed by atoms with Gasteiger partial charge in [0.25, 0.3) is 0 Å². The summed E-state index contributed by atoms with van der Waals surface area (Å²) in [6, 6.07) is 12.6. The molecule has 0 aromatic heterocycles. The van der Waals surface area contributed by atoms with Gasteiger partial charge in [-0.1, -0.05) is 29.8 Å². The number of hydrogen-bond acceptors (Lipinski definition) is 3. The maximum Gasteiger partial charge on any atom is 0.337 e. The Morgan fingerprint density at radius 2 is 1.90 bits per heavy atom. The van der Waals surface area contributed by atoms with Crippen LogP contribution >= 0.6 is 11.6 Å². The molecule has 0 aliphatic heterocycles. The molecule has 1 fully saturated rings. The second-order valence-electron chi connectivity index (χ2n) is 5.27. The van der Waals surface area contributed by atoms with E-state index in [2.05, 4.69) is 4.74 Å². The van der Waals surface area contributed by atoms with E-state index >= 15 is 0 Å². The number of benzene rings is 2. The van der Waals surface area contributed by atoms with E-state index in [1.165, 1.54) is 12.7 Å². The van der Waals surface area contributed by atoms with Crippen LogP contribution in [0.1, 0.15) is 39.7 Å². The number of hydrogen-bond donors (Lipinski definition) is 1. The molecule has 3 nitrogen and oxygen atoms in total. The second kappa shape index (κ2) is 5.41. The van der Waals surface area contributed by atoms with Crippen molar-refractivity contribution in [3.05, 3.63) is 64.2 Å². The Morgan fingerprint density at radius 3 is 2.52 bits per heavy atom. The summed E-state index contributed by atoms with van der Waals surface area (Å²) >= 11 is 6.18. The third kappa shape index (κ3) is 2.74. The van der Waals surface area contributed by atoms with Crippen LogP contribution in [0, 0.1) is 0 Å². The summed E-state index contributed by atoms with van der Waals surface area (Å²) in [5.74, 6) is 0.652. The van der Waals surface area contributed by atoms with Gasteiger partial charge < -0.3 is 9.84 Å². The van der Waals surface area contributed by atoms with Gasteiger partial charge in [-0.05, 0) is 53.6 Å². The number of carbonyl (C=O) groups excluding carboxylic acids is 1. The van der Waals surface area contributed by atoms with E-state index in [0.29, 0.717) is 22.4 Å². The highest BCUT2D eigenvalue weighted by Crippen LogP contribution is 2.56. The normalized spacial score (nSPS) is 20.1. The van der Waals surface area contributed by atoms with Crippen LogP contribution in [0.15, 0.2) is 42.5 Å². The largest absolute Gasteiger partial charge is 0.508 e. The number of rotatable bonds is 3. The zero-order valence-corrected chi connectivity index (χ0v) is 12.3. The SMILES string of the molecule is COC(=O)c1ccc([C@@H]2C[C@H]2c2ccc(O)cc2Cl)cc1. The number of phenolic OH excluding ortho intramolecular Hbond substituents is 1. The molecular weight excluding hydrogens is 288 g/mol. The van der Waals surface area contributed by atoms with Crippen molar-refractivity contribution in [2.24, 2.45) is 0 Å². The third-order valence-corrected chi connectivity index (χ3v) is 4.26. The summed E-state index contributed by atoms with van der Waals surface area (Å²) in [6.45, 7) is 0. The van der Waals surface area contributed by atoms with Crippen LogP contribution in [0.25, 0.3) is 0 Å². The molecule has 1 aliphatic rings. The van der Waals surface area contributed by atoms with Crippen molar-refractivity contribution in [2.75, 3.05) is 7.11 Å². The topological polar surface area (TPSA) is 46.5 Å². The Morgan fingerprint density at radius 1 is 1.19 bits per heavy atom. The Kier molecular flexibility index (Phi) is 3.60. The summed E-state index contributed by atoms with van der Waals surface area (Å²) in [7, 11) is 1.37. The van der Waals surface area contributed by atoms with E-state index in [1.807, 2.05) is 18.2 Å². The first-order chi connectivity index (χ1) is 10.1. The van der Waals surface area contributed by atoms with Crippen LogP contribution in [-0.4, -0.2) is 18.2 Å². The molecule has 0 amide bonds. The molecule has 2 aromatic carbocycles. The summed E-state index contributed by atoms with van der Waals surface area (Å²) in [5.41, 5.74) is 2.81. The number of halogens is 1. The fourth-order valence-electron chi connectivity index (χ4n) is 2.71. The number of esters is 1. The number of ether oxygens (including phenoxy) is 1. The first kappa shape index (κ1) is 14.0. The van der Waals surface area contributed by atoms with Crippen molar-refractivity contribution in [3.8, 4) is 5.75 Å². The smallest absolute Gasteiger partial charge is 0.337 e. The third-order valence-electron chi connectivity index (χ3n) is 3.93. The molecule has 0 saturated heterocycles. The minimum Gasteiger partial charge on any atom is -0.508 e. The van der Waals surface area contributed by atoms with Crippen molar-refractivity contribution in [1.82, 2.24) is 0 Å². The summed E-state index contributed by atoms with van der Waals surface area (Å²) in [4.78, 5) is 11.4. The van der Waals surface area contributed by atoms with Gasteiger partial charge in [0.05, 0.1) is 12.7 Å². The highest BCUT2D eigenvalue weighted by molar-refractivity contribution is 6.31. The van der Waals surface area contributed by atoms with E-state index < -0.39 is 0 Å². The highest BCUT2D eigenvalue weighted by Gasteiger charge is 2.40. The lowest BCUT2D eigenvalue weighted by molar-refractivity contribution is 0.0600. The van der Waals surface area contributed by atoms with E-state index in [1.54, 1.807) is 24.3 Å². The predicted octanol–water partition coefficient (Wildman–Crippen LogP) is 4.10. The summed E-state index contributed by atoms with van der Waals surface area (Å²) in [6.07, 6.45) is 1.03. The van der Waals surface area contributed by atoms with E-state index in [4.69, 9.17) is 11.6 Å². The van der Waals surface area contributed by atoms with Crippen LogP contribution in [0.3, 0.4) is 0 Å². The zero-order chi connectivity index (χ0) is 15.0.